The molecule has 9 heteroatoms. The van der Waals surface area contributed by atoms with E-state index in [2.05, 4.69) is 10.5 Å². The number of benzene rings is 3. The van der Waals surface area contributed by atoms with Gasteiger partial charge in [0.1, 0.15) is 6.54 Å². The number of carbonyl (C=O) groups is 1. The summed E-state index contributed by atoms with van der Waals surface area (Å²) in [4.78, 5) is 12.9. The molecule has 0 aromatic heterocycles. The van der Waals surface area contributed by atoms with Crippen LogP contribution in [0.5, 0.6) is 11.5 Å². The van der Waals surface area contributed by atoms with Crippen LogP contribution in [0.2, 0.25) is 0 Å². The molecule has 0 radical (unpaired) electrons. The summed E-state index contributed by atoms with van der Waals surface area (Å²) in [7, 11) is -4.02. The molecule has 8 nitrogen and oxygen atoms in total. The van der Waals surface area contributed by atoms with Crippen molar-refractivity contribution in [3.8, 4) is 11.5 Å². The molecule has 3 aromatic carbocycles. The Kier molecular flexibility index (Phi) is 8.14. The SMILES string of the molecule is CCOc1cc(/C=N\NC(=O)CN(c2cccc(C)c2C)S(=O)(=O)c2ccc(C)cc2)ccc1O. The summed E-state index contributed by atoms with van der Waals surface area (Å²) in [5.74, 6) is -0.312. The quantitative estimate of drug-likeness (QED) is 0.344. The molecule has 3 rings (SSSR count). The third-order valence-corrected chi connectivity index (χ3v) is 7.20. The maximum absolute atomic E-state index is 13.5. The van der Waals surface area contributed by atoms with Crippen LogP contribution in [0.25, 0.3) is 0 Å². The first kappa shape index (κ1) is 25.8. The molecule has 0 aliphatic carbocycles. The number of anilines is 1. The fourth-order valence-electron chi connectivity index (χ4n) is 3.37. The lowest BCUT2D eigenvalue weighted by Gasteiger charge is -2.26. The average molecular weight is 496 g/mol. The summed E-state index contributed by atoms with van der Waals surface area (Å²) >= 11 is 0. The number of nitrogens with one attached hydrogen (secondary N) is 1. The number of nitrogens with zero attached hydrogens (tertiary/aromatic N) is 2. The van der Waals surface area contributed by atoms with Crippen LogP contribution >= 0.6 is 0 Å². The first-order valence-corrected chi connectivity index (χ1v) is 12.5. The second kappa shape index (κ2) is 11.1. The highest BCUT2D eigenvalue weighted by Crippen LogP contribution is 2.29. The molecule has 0 saturated carbocycles. The number of rotatable bonds is 9. The molecule has 2 N–H and O–H groups in total. The van der Waals surface area contributed by atoms with Crippen molar-refractivity contribution in [2.24, 2.45) is 5.10 Å². The van der Waals surface area contributed by atoms with Gasteiger partial charge < -0.3 is 9.84 Å². The number of ether oxygens (including phenoxy) is 1. The summed E-state index contributed by atoms with van der Waals surface area (Å²) in [5, 5.41) is 13.8. The Hall–Kier alpha value is -3.85. The van der Waals surface area contributed by atoms with E-state index in [4.69, 9.17) is 4.74 Å². The summed E-state index contributed by atoms with van der Waals surface area (Å²) in [6.07, 6.45) is 1.39. The maximum Gasteiger partial charge on any atom is 0.264 e. The first-order chi connectivity index (χ1) is 16.6. The van der Waals surface area contributed by atoms with Gasteiger partial charge in [-0.05, 0) is 80.8 Å². The normalized spacial score (nSPS) is 11.4. The van der Waals surface area contributed by atoms with Gasteiger partial charge in [0.05, 0.1) is 23.4 Å². The number of phenolic OH excluding ortho intramolecular Hbond substituents is 1. The molecule has 0 aliphatic heterocycles. The molecule has 0 unspecified atom stereocenters. The number of hydrazone groups is 1. The van der Waals surface area contributed by atoms with E-state index in [0.717, 1.165) is 21.0 Å². The zero-order chi connectivity index (χ0) is 25.6. The number of hydrogen-bond donors (Lipinski definition) is 2. The second-order valence-electron chi connectivity index (χ2n) is 8.00. The highest BCUT2D eigenvalue weighted by molar-refractivity contribution is 7.92. The van der Waals surface area contributed by atoms with Crippen molar-refractivity contribution in [2.75, 3.05) is 17.5 Å². The summed E-state index contributed by atoms with van der Waals surface area (Å²) in [6, 6.07) is 16.5. The molecule has 0 aliphatic rings. The topological polar surface area (TPSA) is 108 Å². The van der Waals surface area contributed by atoms with E-state index in [0.29, 0.717) is 23.6 Å². The molecular formula is C26H29N3O5S. The van der Waals surface area contributed by atoms with Crippen LogP contribution in [-0.4, -0.2) is 38.8 Å². The predicted octanol–water partition coefficient (Wildman–Crippen LogP) is 4.06. The lowest BCUT2D eigenvalue weighted by Crippen LogP contribution is -2.40. The minimum Gasteiger partial charge on any atom is -0.504 e. The van der Waals surface area contributed by atoms with Gasteiger partial charge in [-0.1, -0.05) is 29.8 Å². The highest BCUT2D eigenvalue weighted by Gasteiger charge is 2.28. The molecule has 0 atom stereocenters. The molecule has 0 fully saturated rings. The third-order valence-electron chi connectivity index (χ3n) is 5.43. The summed E-state index contributed by atoms with van der Waals surface area (Å²) in [5.41, 5.74) is 5.98. The molecular weight excluding hydrogens is 466 g/mol. The largest absolute Gasteiger partial charge is 0.504 e. The maximum atomic E-state index is 13.5. The van der Waals surface area contributed by atoms with Crippen LogP contribution in [0.15, 0.2) is 70.7 Å². The molecule has 184 valence electrons. The van der Waals surface area contributed by atoms with Crippen molar-refractivity contribution in [1.82, 2.24) is 5.43 Å². The van der Waals surface area contributed by atoms with Crippen molar-refractivity contribution >= 4 is 27.8 Å². The van der Waals surface area contributed by atoms with Crippen molar-refractivity contribution < 1.29 is 23.1 Å². The highest BCUT2D eigenvalue weighted by atomic mass is 32.2. The Morgan fingerprint density at radius 2 is 1.80 bits per heavy atom. The Bertz CT molecular complexity index is 1340. The molecule has 0 saturated heterocycles. The lowest BCUT2D eigenvalue weighted by molar-refractivity contribution is -0.119. The summed E-state index contributed by atoms with van der Waals surface area (Å²) in [6.45, 7) is 7.29. The monoisotopic (exact) mass is 495 g/mol. The number of aryl methyl sites for hydroxylation is 2. The van der Waals surface area contributed by atoms with E-state index >= 15 is 0 Å². The first-order valence-electron chi connectivity index (χ1n) is 11.1. The van der Waals surface area contributed by atoms with E-state index in [1.54, 1.807) is 43.3 Å². The zero-order valence-electron chi connectivity index (χ0n) is 20.1. The van der Waals surface area contributed by atoms with Gasteiger partial charge in [0.15, 0.2) is 11.5 Å². The number of aromatic hydroxyl groups is 1. The van der Waals surface area contributed by atoms with E-state index in [1.165, 1.54) is 24.4 Å². The van der Waals surface area contributed by atoms with E-state index < -0.39 is 22.5 Å². The lowest BCUT2D eigenvalue weighted by atomic mass is 10.1. The Morgan fingerprint density at radius 1 is 1.09 bits per heavy atom. The van der Waals surface area contributed by atoms with Crippen LogP contribution in [0.4, 0.5) is 5.69 Å². The van der Waals surface area contributed by atoms with Gasteiger partial charge in [0.25, 0.3) is 15.9 Å². The fourth-order valence-corrected chi connectivity index (χ4v) is 4.85. The third kappa shape index (κ3) is 6.19. The van der Waals surface area contributed by atoms with Gasteiger partial charge in [-0.15, -0.1) is 0 Å². The Balaban J connectivity index is 1.86. The van der Waals surface area contributed by atoms with Crippen LogP contribution < -0.4 is 14.5 Å². The minimum absolute atomic E-state index is 0.00138. The van der Waals surface area contributed by atoms with Crippen molar-refractivity contribution in [1.29, 1.82) is 0 Å². The fraction of sp³-hybridized carbons (Fsp3) is 0.231. The van der Waals surface area contributed by atoms with E-state index in [-0.39, 0.29) is 10.6 Å². The van der Waals surface area contributed by atoms with Gasteiger partial charge in [-0.25, -0.2) is 13.8 Å². The molecule has 1 amide bonds. The molecule has 35 heavy (non-hydrogen) atoms. The smallest absolute Gasteiger partial charge is 0.264 e. The Labute approximate surface area is 205 Å². The van der Waals surface area contributed by atoms with Crippen LogP contribution in [0, 0.1) is 20.8 Å². The van der Waals surface area contributed by atoms with Gasteiger partial charge in [0, 0.05) is 0 Å². The molecule has 0 bridgehead atoms. The summed E-state index contributed by atoms with van der Waals surface area (Å²) < 4.78 is 33.5. The Morgan fingerprint density at radius 3 is 2.49 bits per heavy atom. The van der Waals surface area contributed by atoms with Crippen molar-refractivity contribution in [3.05, 3.63) is 82.9 Å². The van der Waals surface area contributed by atoms with Crippen molar-refractivity contribution in [2.45, 2.75) is 32.6 Å². The van der Waals surface area contributed by atoms with Gasteiger partial charge in [-0.2, -0.15) is 5.10 Å². The van der Waals surface area contributed by atoms with E-state index in [1.807, 2.05) is 26.8 Å². The van der Waals surface area contributed by atoms with Crippen molar-refractivity contribution in [3.63, 3.8) is 0 Å². The number of carbonyl (C=O) groups excluding carboxylic acids is 1. The standard InChI is InChI=1S/C26H29N3O5S/c1-5-34-25-15-21(11-14-24(25)30)16-27-28-26(31)17-29(23-8-6-7-19(3)20(23)4)35(32,33)22-12-9-18(2)10-13-22/h6-16,30H,5,17H2,1-4H3,(H,28,31)/b27-16-. The molecule has 3 aromatic rings. The van der Waals surface area contributed by atoms with Gasteiger partial charge in [0.2, 0.25) is 0 Å². The number of phenols is 1. The van der Waals surface area contributed by atoms with Crippen LogP contribution in [-0.2, 0) is 14.8 Å². The van der Waals surface area contributed by atoms with Crippen LogP contribution in [0.3, 0.4) is 0 Å². The molecule has 0 spiro atoms. The number of amides is 1. The average Bonchev–Trinajstić information content (AvgIpc) is 2.82. The second-order valence-corrected chi connectivity index (χ2v) is 9.86. The molecule has 0 heterocycles. The zero-order valence-corrected chi connectivity index (χ0v) is 21.0. The van der Waals surface area contributed by atoms with Crippen LogP contribution in [0.1, 0.15) is 29.2 Å². The number of sulfonamides is 1. The minimum atomic E-state index is -4.02. The predicted molar refractivity (Wildman–Crippen MR) is 137 cm³/mol. The van der Waals surface area contributed by atoms with Gasteiger partial charge >= 0.3 is 0 Å². The van der Waals surface area contributed by atoms with E-state index in [9.17, 15) is 18.3 Å². The van der Waals surface area contributed by atoms with Gasteiger partial charge in [-0.3, -0.25) is 9.10 Å². The number of hydrogen-bond acceptors (Lipinski definition) is 6.